The van der Waals surface area contributed by atoms with Crippen molar-refractivity contribution in [1.82, 2.24) is 19.7 Å². The molecule has 0 saturated heterocycles. The van der Waals surface area contributed by atoms with Crippen LogP contribution in [0.4, 0.5) is 0 Å². The molecule has 1 N–H and O–H groups in total. The molecular weight excluding hydrogens is 368 g/mol. The van der Waals surface area contributed by atoms with Gasteiger partial charge in [0, 0.05) is 36.2 Å². The second-order valence-electron chi connectivity index (χ2n) is 5.45. The van der Waals surface area contributed by atoms with E-state index in [0.717, 1.165) is 23.1 Å². The molecule has 0 aliphatic rings. The largest absolute Gasteiger partial charge is 0.350 e. The van der Waals surface area contributed by atoms with Crippen LogP contribution in [-0.4, -0.2) is 26.8 Å². The third kappa shape index (κ3) is 3.76. The molecule has 2 aromatic heterocycles. The molecule has 3 rings (SSSR count). The van der Waals surface area contributed by atoms with Crippen molar-refractivity contribution in [3.8, 4) is 5.69 Å². The van der Waals surface area contributed by atoms with Gasteiger partial charge in [0.1, 0.15) is 5.69 Å². The van der Waals surface area contributed by atoms with E-state index >= 15 is 0 Å². The first-order valence-electron chi connectivity index (χ1n) is 7.90. The summed E-state index contributed by atoms with van der Waals surface area (Å²) >= 11 is 3.41. The third-order valence-corrected chi connectivity index (χ3v) is 4.27. The Labute approximate surface area is 149 Å². The molecule has 0 bridgehead atoms. The van der Waals surface area contributed by atoms with Gasteiger partial charge < -0.3 is 9.88 Å². The van der Waals surface area contributed by atoms with Crippen molar-refractivity contribution in [2.75, 3.05) is 6.54 Å². The highest BCUT2D eigenvalue weighted by Gasteiger charge is 2.11. The van der Waals surface area contributed by atoms with Crippen LogP contribution in [-0.2, 0) is 13.0 Å². The first-order valence-corrected chi connectivity index (χ1v) is 8.69. The lowest BCUT2D eigenvalue weighted by Crippen LogP contribution is -2.27. The average molecular weight is 387 g/mol. The van der Waals surface area contributed by atoms with E-state index in [-0.39, 0.29) is 5.91 Å². The molecule has 0 unspecified atom stereocenters. The summed E-state index contributed by atoms with van der Waals surface area (Å²) in [5.41, 5.74) is 2.88. The first kappa shape index (κ1) is 16.5. The van der Waals surface area contributed by atoms with Gasteiger partial charge in [0.2, 0.25) is 0 Å². The number of nitrogens with zero attached hydrogens (tertiary/aromatic N) is 3. The summed E-state index contributed by atoms with van der Waals surface area (Å²) in [6.07, 6.45) is 6.38. The van der Waals surface area contributed by atoms with Crippen LogP contribution in [0, 0.1) is 0 Å². The summed E-state index contributed by atoms with van der Waals surface area (Å²) in [6, 6.07) is 11.9. The van der Waals surface area contributed by atoms with E-state index in [2.05, 4.69) is 38.5 Å². The van der Waals surface area contributed by atoms with Gasteiger partial charge in [0.25, 0.3) is 5.91 Å². The van der Waals surface area contributed by atoms with Crippen molar-refractivity contribution in [3.05, 3.63) is 70.7 Å². The number of carbonyl (C=O) groups is 1. The lowest BCUT2D eigenvalue weighted by Gasteiger charge is -2.08. The second kappa shape index (κ2) is 7.49. The molecule has 2 heterocycles. The van der Waals surface area contributed by atoms with Gasteiger partial charge in [-0.2, -0.15) is 5.10 Å². The lowest BCUT2D eigenvalue weighted by atomic mass is 10.1. The minimum atomic E-state index is -0.0456. The molecule has 0 fully saturated rings. The Morgan fingerprint density at radius 1 is 1.29 bits per heavy atom. The summed E-state index contributed by atoms with van der Waals surface area (Å²) in [7, 11) is 0. The topological polar surface area (TPSA) is 51.9 Å². The van der Waals surface area contributed by atoms with Crippen LogP contribution in [0.25, 0.3) is 5.69 Å². The van der Waals surface area contributed by atoms with Crippen LogP contribution < -0.4 is 5.32 Å². The summed E-state index contributed by atoms with van der Waals surface area (Å²) in [5.74, 6) is -0.0456. The van der Waals surface area contributed by atoms with E-state index in [0.29, 0.717) is 12.2 Å². The number of hydrogen-bond acceptors (Lipinski definition) is 2. The fourth-order valence-electron chi connectivity index (χ4n) is 2.57. The standard InChI is InChI=1S/C18H19BrN4O/c1-2-22-13-15(19)12-17(22)18(24)20-10-8-14-4-6-16(7-5-14)23-11-3-9-21-23/h3-7,9,11-13H,2,8,10H2,1H3,(H,20,24). The summed E-state index contributed by atoms with van der Waals surface area (Å²) in [5, 5.41) is 7.19. The fraction of sp³-hybridized carbons (Fsp3) is 0.222. The Bertz CT molecular complexity index is 806. The SMILES string of the molecule is CCn1cc(Br)cc1C(=O)NCCc1ccc(-n2cccn2)cc1. The van der Waals surface area contributed by atoms with Crippen LogP contribution in [0.3, 0.4) is 0 Å². The number of benzene rings is 1. The van der Waals surface area contributed by atoms with Crippen molar-refractivity contribution >= 4 is 21.8 Å². The molecular formula is C18H19BrN4O. The molecule has 1 aromatic carbocycles. The molecule has 6 heteroatoms. The van der Waals surface area contributed by atoms with Crippen LogP contribution in [0.1, 0.15) is 23.0 Å². The van der Waals surface area contributed by atoms with E-state index < -0.39 is 0 Å². The molecule has 0 radical (unpaired) electrons. The number of aromatic nitrogens is 3. The van der Waals surface area contributed by atoms with Gasteiger partial charge in [-0.15, -0.1) is 0 Å². The van der Waals surface area contributed by atoms with Gasteiger partial charge in [0.15, 0.2) is 0 Å². The molecule has 0 aliphatic heterocycles. The molecule has 1 amide bonds. The van der Waals surface area contributed by atoms with Crippen LogP contribution in [0.5, 0.6) is 0 Å². The van der Waals surface area contributed by atoms with Gasteiger partial charge in [-0.3, -0.25) is 4.79 Å². The van der Waals surface area contributed by atoms with Crippen molar-refractivity contribution in [2.24, 2.45) is 0 Å². The predicted molar refractivity (Wildman–Crippen MR) is 97.4 cm³/mol. The maximum Gasteiger partial charge on any atom is 0.267 e. The molecule has 0 aliphatic carbocycles. The monoisotopic (exact) mass is 386 g/mol. The highest BCUT2D eigenvalue weighted by Crippen LogP contribution is 2.15. The quantitative estimate of drug-likeness (QED) is 0.705. The molecule has 0 spiro atoms. The average Bonchev–Trinajstić information content (AvgIpc) is 3.24. The van der Waals surface area contributed by atoms with Crippen LogP contribution in [0.15, 0.2) is 59.5 Å². The van der Waals surface area contributed by atoms with Gasteiger partial charge in [-0.1, -0.05) is 12.1 Å². The number of nitrogens with one attached hydrogen (secondary N) is 1. The zero-order valence-corrected chi connectivity index (χ0v) is 15.0. The molecule has 124 valence electrons. The smallest absolute Gasteiger partial charge is 0.267 e. The lowest BCUT2D eigenvalue weighted by molar-refractivity contribution is 0.0945. The Morgan fingerprint density at radius 2 is 2.08 bits per heavy atom. The Morgan fingerprint density at radius 3 is 2.75 bits per heavy atom. The Kier molecular flexibility index (Phi) is 5.15. The second-order valence-corrected chi connectivity index (χ2v) is 6.37. The van der Waals surface area contributed by atoms with E-state index in [4.69, 9.17) is 0 Å². The van der Waals surface area contributed by atoms with Gasteiger partial charge in [0.05, 0.1) is 5.69 Å². The van der Waals surface area contributed by atoms with Crippen LogP contribution in [0.2, 0.25) is 0 Å². The van der Waals surface area contributed by atoms with E-state index in [9.17, 15) is 4.79 Å². The third-order valence-electron chi connectivity index (χ3n) is 3.84. The Hall–Kier alpha value is -2.34. The summed E-state index contributed by atoms with van der Waals surface area (Å²) < 4.78 is 4.67. The minimum absolute atomic E-state index is 0.0456. The molecule has 3 aromatic rings. The van der Waals surface area contributed by atoms with Gasteiger partial charge in [-0.05, 0) is 59.1 Å². The maximum atomic E-state index is 12.3. The number of aryl methyl sites for hydroxylation is 1. The maximum absolute atomic E-state index is 12.3. The van der Waals surface area contributed by atoms with E-state index in [1.54, 1.807) is 6.20 Å². The summed E-state index contributed by atoms with van der Waals surface area (Å²) in [6.45, 7) is 3.39. The summed E-state index contributed by atoms with van der Waals surface area (Å²) in [4.78, 5) is 12.3. The highest BCUT2D eigenvalue weighted by molar-refractivity contribution is 9.10. The predicted octanol–water partition coefficient (Wildman–Crippen LogP) is 3.43. The number of hydrogen-bond donors (Lipinski definition) is 1. The minimum Gasteiger partial charge on any atom is -0.350 e. The van der Waals surface area contributed by atoms with Crippen LogP contribution >= 0.6 is 15.9 Å². The van der Waals surface area contributed by atoms with Gasteiger partial charge in [-0.25, -0.2) is 4.68 Å². The highest BCUT2D eigenvalue weighted by atomic mass is 79.9. The first-order chi connectivity index (χ1) is 11.7. The molecule has 5 nitrogen and oxygen atoms in total. The normalized spacial score (nSPS) is 10.8. The van der Waals surface area contributed by atoms with Crippen molar-refractivity contribution < 1.29 is 4.79 Å². The Balaban J connectivity index is 1.55. The molecule has 0 atom stereocenters. The van der Waals surface area contributed by atoms with Crippen molar-refractivity contribution in [3.63, 3.8) is 0 Å². The number of halogens is 1. The van der Waals surface area contributed by atoms with E-state index in [1.165, 1.54) is 5.56 Å². The zero-order valence-electron chi connectivity index (χ0n) is 13.4. The van der Waals surface area contributed by atoms with Crippen molar-refractivity contribution in [1.29, 1.82) is 0 Å². The number of rotatable bonds is 6. The van der Waals surface area contributed by atoms with Gasteiger partial charge >= 0.3 is 0 Å². The molecule has 24 heavy (non-hydrogen) atoms. The van der Waals surface area contributed by atoms with Crippen molar-refractivity contribution in [2.45, 2.75) is 19.9 Å². The zero-order chi connectivity index (χ0) is 16.9. The van der Waals surface area contributed by atoms with E-state index in [1.807, 2.05) is 52.8 Å². The number of amides is 1. The fourth-order valence-corrected chi connectivity index (χ4v) is 3.04. The molecule has 0 saturated carbocycles. The number of carbonyl (C=O) groups excluding carboxylic acids is 1.